The number of nitrogens with one attached hydrogen (secondary N) is 1. The van der Waals surface area contributed by atoms with Crippen LogP contribution >= 0.6 is 11.8 Å². The molecule has 0 aromatic heterocycles. The van der Waals surface area contributed by atoms with Gasteiger partial charge in [-0.2, -0.15) is 11.8 Å². The highest BCUT2D eigenvalue weighted by molar-refractivity contribution is 7.98. The highest BCUT2D eigenvalue weighted by Gasteiger charge is 2.10. The van der Waals surface area contributed by atoms with Gasteiger partial charge in [0.15, 0.2) is 0 Å². The Morgan fingerprint density at radius 3 is 2.61 bits per heavy atom. The number of hydrogen-bond donors (Lipinski definition) is 1. The van der Waals surface area contributed by atoms with Gasteiger partial charge in [0, 0.05) is 38.1 Å². The van der Waals surface area contributed by atoms with Crippen molar-refractivity contribution >= 4 is 11.8 Å². The van der Waals surface area contributed by atoms with Crippen molar-refractivity contribution in [1.29, 1.82) is 0 Å². The van der Waals surface area contributed by atoms with Gasteiger partial charge in [-0.15, -0.1) is 0 Å². The monoisotopic (exact) mass is 276 g/mol. The van der Waals surface area contributed by atoms with E-state index in [0.717, 1.165) is 38.9 Å². The van der Waals surface area contributed by atoms with Crippen molar-refractivity contribution in [2.75, 3.05) is 51.9 Å². The second-order valence-corrected chi connectivity index (χ2v) is 5.56. The third-order valence-electron chi connectivity index (χ3n) is 3.19. The molecule has 0 saturated carbocycles. The number of unbranched alkanes of at least 4 members (excludes halogenated alkanes) is 1. The van der Waals surface area contributed by atoms with Crippen LogP contribution in [0.2, 0.25) is 0 Å². The first-order valence-corrected chi connectivity index (χ1v) is 8.63. The van der Waals surface area contributed by atoms with Crippen LogP contribution < -0.4 is 5.32 Å². The summed E-state index contributed by atoms with van der Waals surface area (Å²) in [4.78, 5) is 2.48. The highest BCUT2D eigenvalue weighted by atomic mass is 32.2. The third kappa shape index (κ3) is 10.2. The number of ether oxygens (including phenoxy) is 1. The second kappa shape index (κ2) is 13.7. The summed E-state index contributed by atoms with van der Waals surface area (Å²) in [5.41, 5.74) is 0. The molecule has 0 radical (unpaired) electrons. The van der Waals surface area contributed by atoms with Crippen molar-refractivity contribution in [3.63, 3.8) is 0 Å². The van der Waals surface area contributed by atoms with Crippen molar-refractivity contribution in [1.82, 2.24) is 10.2 Å². The van der Waals surface area contributed by atoms with Crippen molar-refractivity contribution in [2.45, 2.75) is 39.2 Å². The van der Waals surface area contributed by atoms with Gasteiger partial charge in [-0.05, 0) is 46.0 Å². The van der Waals surface area contributed by atoms with Gasteiger partial charge in [-0.3, -0.25) is 0 Å². The largest absolute Gasteiger partial charge is 0.382 e. The molecular formula is C14H32N2OS. The first-order valence-electron chi connectivity index (χ1n) is 7.23. The van der Waals surface area contributed by atoms with Crippen LogP contribution in [0.15, 0.2) is 0 Å². The Morgan fingerprint density at radius 2 is 2.00 bits per heavy atom. The second-order valence-electron chi connectivity index (χ2n) is 4.65. The molecule has 18 heavy (non-hydrogen) atoms. The van der Waals surface area contributed by atoms with E-state index in [4.69, 9.17) is 4.74 Å². The van der Waals surface area contributed by atoms with Gasteiger partial charge in [0.2, 0.25) is 0 Å². The van der Waals surface area contributed by atoms with Gasteiger partial charge in [0.25, 0.3) is 0 Å². The first-order chi connectivity index (χ1) is 8.76. The molecule has 0 aliphatic carbocycles. The fraction of sp³-hybridized carbons (Fsp3) is 1.00. The Kier molecular flexibility index (Phi) is 13.8. The Morgan fingerprint density at radius 1 is 1.22 bits per heavy atom. The van der Waals surface area contributed by atoms with Crippen LogP contribution in [-0.4, -0.2) is 62.8 Å². The molecule has 0 amide bonds. The quantitative estimate of drug-likeness (QED) is 0.522. The van der Waals surface area contributed by atoms with E-state index in [0.29, 0.717) is 0 Å². The third-order valence-corrected chi connectivity index (χ3v) is 3.91. The predicted molar refractivity (Wildman–Crippen MR) is 83.7 cm³/mol. The number of rotatable bonds is 13. The molecular weight excluding hydrogens is 244 g/mol. The molecule has 0 rings (SSSR count). The van der Waals surface area contributed by atoms with Crippen LogP contribution in [0, 0.1) is 0 Å². The number of thioether (sulfide) groups is 1. The van der Waals surface area contributed by atoms with Gasteiger partial charge in [-0.1, -0.05) is 6.92 Å². The average Bonchev–Trinajstić information content (AvgIpc) is 2.38. The zero-order valence-corrected chi connectivity index (χ0v) is 13.5. The number of hydrogen-bond acceptors (Lipinski definition) is 4. The summed E-state index contributed by atoms with van der Waals surface area (Å²) in [6.07, 6.45) is 5.81. The summed E-state index contributed by atoms with van der Waals surface area (Å²) in [5, 5.41) is 3.51. The summed E-state index contributed by atoms with van der Waals surface area (Å²) >= 11 is 1.94. The van der Waals surface area contributed by atoms with Crippen molar-refractivity contribution < 1.29 is 4.74 Å². The maximum absolute atomic E-state index is 5.31. The molecule has 1 unspecified atom stereocenters. The van der Waals surface area contributed by atoms with E-state index in [-0.39, 0.29) is 0 Å². The lowest BCUT2D eigenvalue weighted by Gasteiger charge is -2.26. The van der Waals surface area contributed by atoms with Crippen molar-refractivity contribution in [3.8, 4) is 0 Å². The SMILES string of the molecule is CCOCCCCNCCN(C)C(CC)CSC. The van der Waals surface area contributed by atoms with Crippen molar-refractivity contribution in [3.05, 3.63) is 0 Å². The Hall–Kier alpha value is 0.230. The maximum Gasteiger partial charge on any atom is 0.0466 e. The molecule has 0 aliphatic rings. The molecule has 0 spiro atoms. The highest BCUT2D eigenvalue weighted by Crippen LogP contribution is 2.07. The topological polar surface area (TPSA) is 24.5 Å². The van der Waals surface area contributed by atoms with Crippen LogP contribution in [0.1, 0.15) is 33.1 Å². The molecule has 110 valence electrons. The molecule has 0 fully saturated rings. The van der Waals surface area contributed by atoms with Gasteiger partial charge in [-0.25, -0.2) is 0 Å². The Balaban J connectivity index is 3.36. The molecule has 1 N–H and O–H groups in total. The smallest absolute Gasteiger partial charge is 0.0466 e. The van der Waals surface area contributed by atoms with E-state index < -0.39 is 0 Å². The van der Waals surface area contributed by atoms with E-state index >= 15 is 0 Å². The summed E-state index contributed by atoms with van der Waals surface area (Å²) in [5.74, 6) is 1.24. The van der Waals surface area contributed by atoms with E-state index in [1.165, 1.54) is 25.0 Å². The minimum Gasteiger partial charge on any atom is -0.382 e. The van der Waals surface area contributed by atoms with E-state index in [2.05, 4.69) is 30.4 Å². The Bertz CT molecular complexity index is 170. The lowest BCUT2D eigenvalue weighted by atomic mass is 10.2. The molecule has 3 nitrogen and oxygen atoms in total. The van der Waals surface area contributed by atoms with Gasteiger partial charge < -0.3 is 15.0 Å². The van der Waals surface area contributed by atoms with Crippen LogP contribution in [0.25, 0.3) is 0 Å². The standard InChI is InChI=1S/C14H32N2OS/c1-5-14(13-18-4)16(3)11-10-15-9-7-8-12-17-6-2/h14-15H,5-13H2,1-4H3. The fourth-order valence-corrected chi connectivity index (χ4v) is 2.79. The molecule has 1 atom stereocenters. The number of nitrogens with zero attached hydrogens (tertiary/aromatic N) is 1. The van der Waals surface area contributed by atoms with Gasteiger partial charge in [0.1, 0.15) is 0 Å². The summed E-state index contributed by atoms with van der Waals surface area (Å²) in [7, 11) is 2.24. The molecule has 4 heteroatoms. The summed E-state index contributed by atoms with van der Waals surface area (Å²) in [6.45, 7) is 9.42. The fourth-order valence-electron chi connectivity index (χ4n) is 1.91. The van der Waals surface area contributed by atoms with Crippen molar-refractivity contribution in [2.24, 2.45) is 0 Å². The van der Waals surface area contributed by atoms with Crippen LogP contribution in [0.5, 0.6) is 0 Å². The van der Waals surface area contributed by atoms with Crippen LogP contribution in [-0.2, 0) is 4.74 Å². The molecule has 0 heterocycles. The maximum atomic E-state index is 5.31. The van der Waals surface area contributed by atoms with Gasteiger partial charge >= 0.3 is 0 Å². The lowest BCUT2D eigenvalue weighted by Crippen LogP contribution is -2.38. The molecule has 0 aliphatic heterocycles. The van der Waals surface area contributed by atoms with Gasteiger partial charge in [0.05, 0.1) is 0 Å². The molecule has 0 aromatic carbocycles. The first kappa shape index (κ1) is 18.2. The van der Waals surface area contributed by atoms with Crippen LogP contribution in [0.4, 0.5) is 0 Å². The zero-order valence-electron chi connectivity index (χ0n) is 12.7. The predicted octanol–water partition coefficient (Wildman–Crippen LogP) is 2.47. The van der Waals surface area contributed by atoms with Crippen LogP contribution in [0.3, 0.4) is 0 Å². The van der Waals surface area contributed by atoms with E-state index in [9.17, 15) is 0 Å². The average molecular weight is 276 g/mol. The minimum atomic E-state index is 0.722. The Labute approximate surface area is 118 Å². The normalized spacial score (nSPS) is 13.2. The number of likely N-dealkylation sites (N-methyl/N-ethyl adjacent to an activating group) is 1. The summed E-state index contributed by atoms with van der Waals surface area (Å²) < 4.78 is 5.31. The minimum absolute atomic E-state index is 0.722. The molecule has 0 bridgehead atoms. The lowest BCUT2D eigenvalue weighted by molar-refractivity contribution is 0.143. The van der Waals surface area contributed by atoms with E-state index in [1.54, 1.807) is 0 Å². The molecule has 0 aromatic rings. The zero-order chi connectivity index (χ0) is 13.6. The van der Waals surface area contributed by atoms with E-state index in [1.807, 2.05) is 18.7 Å². The molecule has 0 saturated heterocycles. The summed E-state index contributed by atoms with van der Waals surface area (Å²) in [6, 6.07) is 0.722.